The number of carbonyl (C=O) groups excluding carboxylic acids is 1. The first-order valence-corrected chi connectivity index (χ1v) is 8.16. The number of hydrogen-bond acceptors (Lipinski definition) is 3. The molecule has 2 N–H and O–H groups in total. The van der Waals surface area contributed by atoms with Gasteiger partial charge in [0.2, 0.25) is 5.60 Å². The molecule has 130 valence electrons. The number of aliphatic carboxylic acids is 1. The zero-order valence-corrected chi connectivity index (χ0v) is 14.3. The third-order valence-electron chi connectivity index (χ3n) is 3.38. The summed E-state index contributed by atoms with van der Waals surface area (Å²) in [6.45, 7) is 4.63. The van der Waals surface area contributed by atoms with Crippen molar-refractivity contribution in [3.05, 3.63) is 24.8 Å². The van der Waals surface area contributed by atoms with Crippen LogP contribution in [0, 0.1) is 23.7 Å². The summed E-state index contributed by atoms with van der Waals surface area (Å²) in [5.74, 6) is 9.08. The normalized spacial score (nSPS) is 12.4. The predicted octanol–water partition coefficient (Wildman–Crippen LogP) is 3.26. The maximum absolute atomic E-state index is 11.2. The highest BCUT2D eigenvalue weighted by molar-refractivity contribution is 5.90. The molecular formula is C20H26O4. The summed E-state index contributed by atoms with van der Waals surface area (Å²) in [5.41, 5.74) is -1.81. The topological polar surface area (TPSA) is 74.6 Å². The Labute approximate surface area is 144 Å². The number of carbonyl (C=O) groups is 2. The van der Waals surface area contributed by atoms with E-state index in [0.29, 0.717) is 6.42 Å². The van der Waals surface area contributed by atoms with Crippen molar-refractivity contribution in [1.82, 2.24) is 0 Å². The number of hydrogen-bond donors (Lipinski definition) is 2. The lowest BCUT2D eigenvalue weighted by Gasteiger charge is -2.11. The van der Waals surface area contributed by atoms with E-state index >= 15 is 0 Å². The molecule has 0 aliphatic rings. The van der Waals surface area contributed by atoms with E-state index in [4.69, 9.17) is 5.11 Å². The van der Waals surface area contributed by atoms with Crippen molar-refractivity contribution in [3.63, 3.8) is 0 Å². The lowest BCUT2D eigenvalue weighted by atomic mass is 10.0. The molecule has 0 aromatic heterocycles. The van der Waals surface area contributed by atoms with Crippen LogP contribution in [0.2, 0.25) is 0 Å². The second kappa shape index (κ2) is 13.2. The van der Waals surface area contributed by atoms with Gasteiger partial charge in [-0.2, -0.15) is 0 Å². The van der Waals surface area contributed by atoms with Crippen LogP contribution in [-0.4, -0.2) is 27.6 Å². The first-order chi connectivity index (χ1) is 11.4. The van der Waals surface area contributed by atoms with E-state index in [1.807, 2.05) is 6.08 Å². The van der Waals surface area contributed by atoms with E-state index in [9.17, 15) is 14.7 Å². The number of rotatable bonds is 11. The van der Waals surface area contributed by atoms with E-state index in [1.54, 1.807) is 0 Å². The van der Waals surface area contributed by atoms with Crippen LogP contribution in [0.5, 0.6) is 0 Å². The minimum atomic E-state index is -1.81. The highest BCUT2D eigenvalue weighted by Gasteiger charge is 2.25. The summed E-state index contributed by atoms with van der Waals surface area (Å²) in [4.78, 5) is 21.5. The van der Waals surface area contributed by atoms with Gasteiger partial charge in [0.1, 0.15) is 0 Å². The average molecular weight is 330 g/mol. The molecule has 0 aromatic rings. The van der Waals surface area contributed by atoms with Gasteiger partial charge in [-0.15, -0.1) is 0 Å². The van der Waals surface area contributed by atoms with Crippen LogP contribution < -0.4 is 0 Å². The van der Waals surface area contributed by atoms with Gasteiger partial charge >= 0.3 is 5.97 Å². The van der Waals surface area contributed by atoms with E-state index in [2.05, 4.69) is 36.3 Å². The maximum Gasteiger partial charge on any atom is 0.303 e. The van der Waals surface area contributed by atoms with Gasteiger partial charge in [0.25, 0.3) is 0 Å². The van der Waals surface area contributed by atoms with Gasteiger partial charge in [-0.05, 0) is 50.0 Å². The lowest BCUT2D eigenvalue weighted by Crippen LogP contribution is -2.32. The molecular weight excluding hydrogens is 304 g/mol. The van der Waals surface area contributed by atoms with Gasteiger partial charge in [-0.1, -0.05) is 43.9 Å². The van der Waals surface area contributed by atoms with Crippen LogP contribution in [-0.2, 0) is 9.59 Å². The van der Waals surface area contributed by atoms with Crippen LogP contribution in [0.15, 0.2) is 24.8 Å². The molecule has 1 atom stereocenters. The van der Waals surface area contributed by atoms with E-state index in [-0.39, 0.29) is 6.42 Å². The minimum Gasteiger partial charge on any atom is -0.481 e. The maximum atomic E-state index is 11.2. The van der Waals surface area contributed by atoms with Crippen LogP contribution in [0.3, 0.4) is 0 Å². The third-order valence-corrected chi connectivity index (χ3v) is 3.38. The Morgan fingerprint density at radius 1 is 1.08 bits per heavy atom. The van der Waals surface area contributed by atoms with Gasteiger partial charge < -0.3 is 10.2 Å². The smallest absolute Gasteiger partial charge is 0.303 e. The lowest BCUT2D eigenvalue weighted by molar-refractivity contribution is -0.137. The standard InChI is InChI=1S/C20H26O4/c1-3-20(24,18(2)21)17-15-13-11-9-7-5-4-6-8-10-12-14-16-19(22)23/h3,5,7,24H,1,4,6,8-10,12,14,16H2,2H3,(H,22,23)/b7-5-/t20-/m0/s1. The fourth-order valence-corrected chi connectivity index (χ4v) is 1.83. The van der Waals surface area contributed by atoms with Crippen molar-refractivity contribution >= 4 is 11.8 Å². The van der Waals surface area contributed by atoms with Crippen LogP contribution in [0.1, 0.15) is 58.3 Å². The SMILES string of the molecule is C=C[C@](O)(C#CC#CC/C=C\CCCCCCCC(=O)O)C(C)=O. The number of carboxylic acid groups (broad SMARTS) is 1. The second-order valence-corrected chi connectivity index (χ2v) is 5.45. The Morgan fingerprint density at radius 2 is 1.75 bits per heavy atom. The van der Waals surface area contributed by atoms with E-state index in [1.165, 1.54) is 6.92 Å². The zero-order valence-electron chi connectivity index (χ0n) is 14.3. The number of aliphatic hydroxyl groups is 1. The molecule has 0 aliphatic heterocycles. The second-order valence-electron chi connectivity index (χ2n) is 5.45. The Kier molecular flexibility index (Phi) is 11.9. The number of ketones is 1. The first-order valence-electron chi connectivity index (χ1n) is 8.16. The monoisotopic (exact) mass is 330 g/mol. The molecule has 0 spiro atoms. The van der Waals surface area contributed by atoms with Gasteiger partial charge in [-0.3, -0.25) is 9.59 Å². The van der Waals surface area contributed by atoms with Crippen LogP contribution in [0.4, 0.5) is 0 Å². The number of unbranched alkanes of at least 4 members (excludes halogenated alkanes) is 5. The number of carboxylic acids is 1. The molecule has 4 heteroatoms. The molecule has 0 radical (unpaired) electrons. The summed E-state index contributed by atoms with van der Waals surface area (Å²) >= 11 is 0. The molecule has 0 aliphatic carbocycles. The summed E-state index contributed by atoms with van der Waals surface area (Å²) in [5, 5.41) is 18.3. The molecule has 0 fully saturated rings. The molecule has 0 unspecified atom stereocenters. The van der Waals surface area contributed by atoms with E-state index < -0.39 is 17.4 Å². The number of Topliss-reactive ketones (excluding diaryl/α,β-unsaturated/α-hetero) is 1. The molecule has 0 saturated carbocycles. The molecule has 0 rings (SSSR count). The Hall–Kier alpha value is -2.30. The van der Waals surface area contributed by atoms with Gasteiger partial charge in [0.05, 0.1) is 0 Å². The van der Waals surface area contributed by atoms with Crippen molar-refractivity contribution in [2.45, 2.75) is 63.9 Å². The quantitative estimate of drug-likeness (QED) is 0.346. The summed E-state index contributed by atoms with van der Waals surface area (Å²) in [6, 6.07) is 0. The first kappa shape index (κ1) is 21.7. The van der Waals surface area contributed by atoms with Crippen LogP contribution in [0.25, 0.3) is 0 Å². The Balaban J connectivity index is 3.80. The molecule has 0 saturated heterocycles. The summed E-state index contributed by atoms with van der Waals surface area (Å²) < 4.78 is 0. The average Bonchev–Trinajstić information content (AvgIpc) is 2.54. The molecule has 0 heterocycles. The van der Waals surface area contributed by atoms with Crippen molar-refractivity contribution in [2.75, 3.05) is 0 Å². The Morgan fingerprint density at radius 3 is 2.38 bits per heavy atom. The van der Waals surface area contributed by atoms with Crippen molar-refractivity contribution in [1.29, 1.82) is 0 Å². The van der Waals surface area contributed by atoms with Crippen molar-refractivity contribution in [3.8, 4) is 23.7 Å². The van der Waals surface area contributed by atoms with Gasteiger partial charge in [0.15, 0.2) is 5.78 Å². The predicted molar refractivity (Wildman–Crippen MR) is 95.1 cm³/mol. The largest absolute Gasteiger partial charge is 0.481 e. The molecule has 24 heavy (non-hydrogen) atoms. The van der Waals surface area contributed by atoms with E-state index in [0.717, 1.165) is 44.6 Å². The fourth-order valence-electron chi connectivity index (χ4n) is 1.83. The third kappa shape index (κ3) is 11.3. The minimum absolute atomic E-state index is 0.262. The Bertz CT molecular complexity index is 566. The van der Waals surface area contributed by atoms with Gasteiger partial charge in [0, 0.05) is 12.8 Å². The molecule has 4 nitrogen and oxygen atoms in total. The van der Waals surface area contributed by atoms with Crippen molar-refractivity contribution < 1.29 is 19.8 Å². The highest BCUT2D eigenvalue weighted by atomic mass is 16.4. The van der Waals surface area contributed by atoms with Gasteiger partial charge in [-0.25, -0.2) is 0 Å². The fraction of sp³-hybridized carbons (Fsp3) is 0.500. The summed E-state index contributed by atoms with van der Waals surface area (Å²) in [7, 11) is 0. The molecule has 0 aromatic carbocycles. The van der Waals surface area contributed by atoms with Crippen molar-refractivity contribution in [2.24, 2.45) is 0 Å². The molecule has 0 bridgehead atoms. The summed E-state index contributed by atoms with van der Waals surface area (Å²) in [6.07, 6.45) is 11.9. The zero-order chi connectivity index (χ0) is 18.3. The molecule has 0 amide bonds. The highest BCUT2D eigenvalue weighted by Crippen LogP contribution is 2.07. The number of allylic oxidation sites excluding steroid dienone is 2. The van der Waals surface area contributed by atoms with Crippen LogP contribution >= 0.6 is 0 Å².